The Balaban J connectivity index is 1.55. The molecule has 6 heteroatoms. The van der Waals surface area contributed by atoms with Gasteiger partial charge in [0.1, 0.15) is 0 Å². The smallest absolute Gasteiger partial charge is 0.251 e. The molecule has 0 unspecified atom stereocenters. The highest BCUT2D eigenvalue weighted by atomic mass is 16.4. The molecule has 0 aliphatic heterocycles. The van der Waals surface area contributed by atoms with Crippen molar-refractivity contribution in [2.45, 2.75) is 45.6 Å². The van der Waals surface area contributed by atoms with Gasteiger partial charge in [-0.2, -0.15) is 0 Å². The first-order valence-corrected chi connectivity index (χ1v) is 7.62. The number of hydrogen-bond acceptors (Lipinski definition) is 5. The first-order valence-electron chi connectivity index (χ1n) is 7.62. The number of carbonyl (C=O) groups excluding carboxylic acids is 1. The fraction of sp³-hybridized carbons (Fsp3) is 0.500. The molecule has 2 aromatic rings. The summed E-state index contributed by atoms with van der Waals surface area (Å²) in [5, 5.41) is 11.0. The number of aromatic nitrogens is 3. The van der Waals surface area contributed by atoms with Gasteiger partial charge in [0.25, 0.3) is 5.91 Å². The molecule has 0 radical (unpaired) electrons. The van der Waals surface area contributed by atoms with Crippen LogP contribution < -0.4 is 5.32 Å². The lowest BCUT2D eigenvalue weighted by atomic mass is 10.0. The molecule has 0 bridgehead atoms. The fourth-order valence-electron chi connectivity index (χ4n) is 3.05. The summed E-state index contributed by atoms with van der Waals surface area (Å²) in [6, 6.07) is 1.98. The topological polar surface area (TPSA) is 80.9 Å². The summed E-state index contributed by atoms with van der Waals surface area (Å²) < 4.78 is 5.43. The van der Waals surface area contributed by atoms with Gasteiger partial charge >= 0.3 is 0 Å². The van der Waals surface area contributed by atoms with Gasteiger partial charge in [0, 0.05) is 37.3 Å². The minimum atomic E-state index is -0.0146. The van der Waals surface area contributed by atoms with Crippen LogP contribution in [0.5, 0.6) is 0 Å². The summed E-state index contributed by atoms with van der Waals surface area (Å²) in [6.07, 6.45) is 7.18. The van der Waals surface area contributed by atoms with Crippen LogP contribution in [0.3, 0.4) is 0 Å². The molecule has 1 fully saturated rings. The van der Waals surface area contributed by atoms with E-state index in [0.29, 0.717) is 23.3 Å². The maximum absolute atomic E-state index is 12.3. The Hall–Kier alpha value is -2.24. The molecule has 1 saturated carbocycles. The van der Waals surface area contributed by atoms with Crippen LogP contribution >= 0.6 is 0 Å². The van der Waals surface area contributed by atoms with E-state index in [2.05, 4.69) is 20.5 Å². The summed E-state index contributed by atoms with van der Waals surface area (Å²) in [4.78, 5) is 16.3. The van der Waals surface area contributed by atoms with Crippen LogP contribution in [0.2, 0.25) is 0 Å². The third-order valence-corrected chi connectivity index (χ3v) is 4.17. The van der Waals surface area contributed by atoms with Gasteiger partial charge in [0.2, 0.25) is 11.8 Å². The predicted octanol–water partition coefficient (Wildman–Crippen LogP) is 2.22. The van der Waals surface area contributed by atoms with Crippen LogP contribution in [-0.2, 0) is 6.42 Å². The number of amides is 1. The number of hydrogen-bond donors (Lipinski definition) is 1. The van der Waals surface area contributed by atoms with E-state index in [1.54, 1.807) is 25.4 Å². The van der Waals surface area contributed by atoms with Gasteiger partial charge in [-0.1, -0.05) is 0 Å². The molecule has 2 heterocycles. The van der Waals surface area contributed by atoms with Crippen molar-refractivity contribution in [3.05, 3.63) is 41.4 Å². The van der Waals surface area contributed by atoms with Gasteiger partial charge in [-0.15, -0.1) is 10.2 Å². The van der Waals surface area contributed by atoms with E-state index >= 15 is 0 Å². The lowest BCUT2D eigenvalue weighted by molar-refractivity contribution is 0.0936. The van der Waals surface area contributed by atoms with Crippen molar-refractivity contribution in [3.8, 4) is 0 Å². The Bertz CT molecular complexity index is 668. The van der Waals surface area contributed by atoms with Crippen LogP contribution in [-0.4, -0.2) is 27.1 Å². The second-order valence-corrected chi connectivity index (χ2v) is 5.96. The number of nitrogens with one attached hydrogen (secondary N) is 1. The maximum atomic E-state index is 12.3. The molecule has 0 saturated heterocycles. The molecule has 0 spiro atoms. The first-order chi connectivity index (χ1) is 10.6. The monoisotopic (exact) mass is 300 g/mol. The zero-order chi connectivity index (χ0) is 15.5. The van der Waals surface area contributed by atoms with Crippen LogP contribution in [0, 0.1) is 19.8 Å². The normalized spacial score (nSPS) is 21.0. The molecule has 1 amide bonds. The lowest BCUT2D eigenvalue weighted by Crippen LogP contribution is -2.33. The van der Waals surface area contributed by atoms with Gasteiger partial charge in [-0.25, -0.2) is 0 Å². The highest BCUT2D eigenvalue weighted by Gasteiger charge is 2.27. The summed E-state index contributed by atoms with van der Waals surface area (Å²) in [5.74, 6) is 1.77. The number of nitrogens with zero attached hydrogens (tertiary/aromatic N) is 3. The molecular formula is C16H20N4O2. The Morgan fingerprint density at radius 3 is 2.95 bits per heavy atom. The van der Waals surface area contributed by atoms with E-state index in [-0.39, 0.29) is 11.9 Å². The predicted molar refractivity (Wildman–Crippen MR) is 80.3 cm³/mol. The van der Waals surface area contributed by atoms with Crippen molar-refractivity contribution in [1.29, 1.82) is 0 Å². The SMILES string of the molecule is Cc1nnc(C[C@@H]2CC[C@H](NC(=O)c3ccncc3C)C2)o1. The number of carbonyl (C=O) groups is 1. The van der Waals surface area contributed by atoms with E-state index in [1.807, 2.05) is 6.92 Å². The summed E-state index contributed by atoms with van der Waals surface area (Å²) >= 11 is 0. The lowest BCUT2D eigenvalue weighted by Gasteiger charge is -2.14. The van der Waals surface area contributed by atoms with Crippen molar-refractivity contribution < 1.29 is 9.21 Å². The molecular weight excluding hydrogens is 280 g/mol. The minimum absolute atomic E-state index is 0.0146. The second-order valence-electron chi connectivity index (χ2n) is 5.96. The fourth-order valence-corrected chi connectivity index (χ4v) is 3.05. The Labute approximate surface area is 129 Å². The second kappa shape index (κ2) is 6.25. The molecule has 1 N–H and O–H groups in total. The van der Waals surface area contributed by atoms with E-state index < -0.39 is 0 Å². The molecule has 1 aliphatic rings. The molecule has 2 aromatic heterocycles. The van der Waals surface area contributed by atoms with Gasteiger partial charge < -0.3 is 9.73 Å². The highest BCUT2D eigenvalue weighted by Crippen LogP contribution is 2.28. The van der Waals surface area contributed by atoms with Gasteiger partial charge in [0.15, 0.2) is 0 Å². The van der Waals surface area contributed by atoms with Crippen LogP contribution in [0.1, 0.15) is 47.0 Å². The Morgan fingerprint density at radius 1 is 1.36 bits per heavy atom. The number of aryl methyl sites for hydroxylation is 2. The molecule has 116 valence electrons. The summed E-state index contributed by atoms with van der Waals surface area (Å²) in [6.45, 7) is 3.70. The average Bonchev–Trinajstić information content (AvgIpc) is 3.09. The number of pyridine rings is 1. The molecule has 0 aromatic carbocycles. The molecule has 6 nitrogen and oxygen atoms in total. The largest absolute Gasteiger partial charge is 0.426 e. The summed E-state index contributed by atoms with van der Waals surface area (Å²) in [7, 11) is 0. The van der Waals surface area contributed by atoms with Crippen molar-refractivity contribution in [2.75, 3.05) is 0 Å². The highest BCUT2D eigenvalue weighted by molar-refractivity contribution is 5.95. The minimum Gasteiger partial charge on any atom is -0.426 e. The van der Waals surface area contributed by atoms with Crippen LogP contribution in [0.15, 0.2) is 22.9 Å². The molecule has 3 rings (SSSR count). The van der Waals surface area contributed by atoms with E-state index in [1.165, 1.54) is 0 Å². The van der Waals surface area contributed by atoms with Crippen molar-refractivity contribution >= 4 is 5.91 Å². The Morgan fingerprint density at radius 2 is 2.23 bits per heavy atom. The van der Waals surface area contributed by atoms with Crippen LogP contribution in [0.25, 0.3) is 0 Å². The van der Waals surface area contributed by atoms with Gasteiger partial charge in [-0.05, 0) is 43.7 Å². The maximum Gasteiger partial charge on any atom is 0.251 e. The van der Waals surface area contributed by atoms with Gasteiger partial charge in [-0.3, -0.25) is 9.78 Å². The molecule has 22 heavy (non-hydrogen) atoms. The third kappa shape index (κ3) is 3.32. The third-order valence-electron chi connectivity index (χ3n) is 4.17. The average molecular weight is 300 g/mol. The van der Waals surface area contributed by atoms with Crippen molar-refractivity contribution in [3.63, 3.8) is 0 Å². The molecule has 2 atom stereocenters. The van der Waals surface area contributed by atoms with E-state index in [9.17, 15) is 4.79 Å². The van der Waals surface area contributed by atoms with Crippen molar-refractivity contribution in [1.82, 2.24) is 20.5 Å². The van der Waals surface area contributed by atoms with E-state index in [0.717, 1.165) is 31.2 Å². The Kier molecular flexibility index (Phi) is 4.18. The number of rotatable bonds is 4. The summed E-state index contributed by atoms with van der Waals surface area (Å²) in [5.41, 5.74) is 1.60. The first kappa shape index (κ1) is 14.7. The quantitative estimate of drug-likeness (QED) is 0.936. The van der Waals surface area contributed by atoms with Crippen molar-refractivity contribution in [2.24, 2.45) is 5.92 Å². The van der Waals surface area contributed by atoms with E-state index in [4.69, 9.17) is 4.42 Å². The standard InChI is InChI=1S/C16H20N4O2/c1-10-9-17-6-5-14(10)16(21)18-13-4-3-12(7-13)8-15-20-19-11(2)22-15/h5-6,9,12-13H,3-4,7-8H2,1-2H3,(H,18,21)/t12-,13+/m1/s1. The molecule has 1 aliphatic carbocycles. The zero-order valence-electron chi connectivity index (χ0n) is 12.9. The van der Waals surface area contributed by atoms with Gasteiger partial charge in [0.05, 0.1) is 0 Å². The van der Waals surface area contributed by atoms with Crippen LogP contribution in [0.4, 0.5) is 0 Å². The zero-order valence-corrected chi connectivity index (χ0v) is 12.9.